The average Bonchev–Trinajstić information content (AvgIpc) is 2.91. The standard InChI is InChI=1S/C21H18N2O4/c22-21(12-6-11-18(24)27-21)17(13-14-7-2-1-3-8-14)23-19(25)15-9-4-5-10-16(15)20(23)26/h1-11,17H,12-13,22H2/t17-,21?/m0/s1. The topological polar surface area (TPSA) is 89.7 Å². The molecule has 0 fully saturated rings. The molecule has 0 radical (unpaired) electrons. The van der Waals surface area contributed by atoms with Crippen molar-refractivity contribution in [2.75, 3.05) is 0 Å². The fourth-order valence-corrected chi connectivity index (χ4v) is 3.62. The van der Waals surface area contributed by atoms with Crippen LogP contribution in [0.2, 0.25) is 0 Å². The van der Waals surface area contributed by atoms with E-state index < -0.39 is 29.6 Å². The molecule has 0 aliphatic carbocycles. The van der Waals surface area contributed by atoms with Gasteiger partial charge in [0.1, 0.15) is 0 Å². The number of nitrogens with zero attached hydrogens (tertiary/aromatic N) is 1. The molecule has 2 aromatic carbocycles. The van der Waals surface area contributed by atoms with E-state index in [9.17, 15) is 14.4 Å². The van der Waals surface area contributed by atoms with Crippen LogP contribution in [0, 0.1) is 0 Å². The van der Waals surface area contributed by atoms with Crippen LogP contribution in [0.1, 0.15) is 32.7 Å². The molecule has 2 atom stereocenters. The molecule has 0 saturated heterocycles. The molecule has 4 rings (SSSR count). The predicted molar refractivity (Wildman–Crippen MR) is 97.6 cm³/mol. The second-order valence-corrected chi connectivity index (χ2v) is 6.71. The minimum absolute atomic E-state index is 0.212. The number of esters is 1. The van der Waals surface area contributed by atoms with Crippen LogP contribution in [-0.4, -0.2) is 34.5 Å². The number of carbonyl (C=O) groups is 3. The highest BCUT2D eigenvalue weighted by molar-refractivity contribution is 6.21. The van der Waals surface area contributed by atoms with Crippen LogP contribution in [0.4, 0.5) is 0 Å². The number of fused-ring (bicyclic) bond motifs is 1. The summed E-state index contributed by atoms with van der Waals surface area (Å²) in [7, 11) is 0. The van der Waals surface area contributed by atoms with Gasteiger partial charge in [0.25, 0.3) is 11.8 Å². The summed E-state index contributed by atoms with van der Waals surface area (Å²) in [6.07, 6.45) is 3.41. The Morgan fingerprint density at radius 1 is 0.963 bits per heavy atom. The number of cyclic esters (lactones) is 1. The Morgan fingerprint density at radius 2 is 1.56 bits per heavy atom. The van der Waals surface area contributed by atoms with Crippen molar-refractivity contribution in [1.82, 2.24) is 4.90 Å². The Kier molecular flexibility index (Phi) is 4.12. The summed E-state index contributed by atoms with van der Waals surface area (Å²) in [5.74, 6) is -1.43. The molecular weight excluding hydrogens is 344 g/mol. The number of nitrogens with two attached hydrogens (primary N) is 1. The van der Waals surface area contributed by atoms with Gasteiger partial charge in [-0.3, -0.25) is 20.2 Å². The van der Waals surface area contributed by atoms with Crippen molar-refractivity contribution in [3.63, 3.8) is 0 Å². The minimum Gasteiger partial charge on any atom is -0.438 e. The smallest absolute Gasteiger partial charge is 0.332 e. The van der Waals surface area contributed by atoms with E-state index in [1.807, 2.05) is 30.3 Å². The summed E-state index contributed by atoms with van der Waals surface area (Å²) in [5.41, 5.74) is 6.50. The van der Waals surface area contributed by atoms with E-state index >= 15 is 0 Å². The van der Waals surface area contributed by atoms with Crippen molar-refractivity contribution >= 4 is 17.8 Å². The number of ether oxygens (including phenoxy) is 1. The second kappa shape index (κ2) is 6.48. The maximum absolute atomic E-state index is 13.0. The van der Waals surface area contributed by atoms with Crippen LogP contribution in [0.25, 0.3) is 0 Å². The highest BCUT2D eigenvalue weighted by Crippen LogP contribution is 2.33. The summed E-state index contributed by atoms with van der Waals surface area (Å²) >= 11 is 0. The molecule has 0 aromatic heterocycles. The maximum atomic E-state index is 13.0. The molecular formula is C21H18N2O4. The first-order valence-electron chi connectivity index (χ1n) is 8.69. The van der Waals surface area contributed by atoms with Crippen LogP contribution in [0.5, 0.6) is 0 Å². The van der Waals surface area contributed by atoms with E-state index in [0.717, 1.165) is 10.5 Å². The number of amides is 2. The van der Waals surface area contributed by atoms with Gasteiger partial charge in [0.15, 0.2) is 5.72 Å². The largest absolute Gasteiger partial charge is 0.438 e. The first-order chi connectivity index (χ1) is 13.0. The summed E-state index contributed by atoms with van der Waals surface area (Å²) in [6.45, 7) is 0. The van der Waals surface area contributed by atoms with Crippen LogP contribution in [-0.2, 0) is 16.0 Å². The van der Waals surface area contributed by atoms with Crippen molar-refractivity contribution in [1.29, 1.82) is 0 Å². The van der Waals surface area contributed by atoms with E-state index in [0.29, 0.717) is 11.1 Å². The predicted octanol–water partition coefficient (Wildman–Crippen LogP) is 2.05. The lowest BCUT2D eigenvalue weighted by Crippen LogP contribution is -2.63. The van der Waals surface area contributed by atoms with Crippen LogP contribution in [0.3, 0.4) is 0 Å². The third-order valence-corrected chi connectivity index (χ3v) is 4.95. The summed E-state index contributed by atoms with van der Waals surface area (Å²) in [6, 6.07) is 15.2. The lowest BCUT2D eigenvalue weighted by Gasteiger charge is -2.41. The molecule has 2 heterocycles. The zero-order valence-corrected chi connectivity index (χ0v) is 14.5. The minimum atomic E-state index is -1.49. The summed E-state index contributed by atoms with van der Waals surface area (Å²) < 4.78 is 5.42. The van der Waals surface area contributed by atoms with E-state index in [2.05, 4.69) is 0 Å². The lowest BCUT2D eigenvalue weighted by molar-refractivity contribution is -0.161. The van der Waals surface area contributed by atoms with Crippen LogP contribution >= 0.6 is 0 Å². The van der Waals surface area contributed by atoms with Crippen molar-refractivity contribution < 1.29 is 19.1 Å². The molecule has 2 N–H and O–H groups in total. The summed E-state index contributed by atoms with van der Waals surface area (Å²) in [5, 5.41) is 0. The van der Waals surface area contributed by atoms with E-state index in [1.54, 1.807) is 30.3 Å². The first-order valence-corrected chi connectivity index (χ1v) is 8.69. The molecule has 2 aliphatic heterocycles. The van der Waals surface area contributed by atoms with Gasteiger partial charge in [-0.1, -0.05) is 48.5 Å². The quantitative estimate of drug-likeness (QED) is 0.664. The lowest BCUT2D eigenvalue weighted by atomic mass is 9.91. The Hall–Kier alpha value is -3.25. The Morgan fingerprint density at radius 3 is 2.15 bits per heavy atom. The molecule has 2 aliphatic rings. The monoisotopic (exact) mass is 362 g/mol. The van der Waals surface area contributed by atoms with Gasteiger partial charge in [0.2, 0.25) is 0 Å². The SMILES string of the molecule is NC1([C@H](Cc2ccccc2)N2C(=O)c3ccccc3C2=O)CC=CC(=O)O1. The number of rotatable bonds is 4. The van der Waals surface area contributed by atoms with Gasteiger partial charge in [0.05, 0.1) is 17.2 Å². The van der Waals surface area contributed by atoms with Crippen molar-refractivity contribution in [2.45, 2.75) is 24.6 Å². The summed E-state index contributed by atoms with van der Waals surface area (Å²) in [4.78, 5) is 39.0. The van der Waals surface area contributed by atoms with Gasteiger partial charge >= 0.3 is 5.97 Å². The van der Waals surface area contributed by atoms with E-state index in [-0.39, 0.29) is 12.8 Å². The van der Waals surface area contributed by atoms with Crippen LogP contribution in [0.15, 0.2) is 66.7 Å². The molecule has 1 unspecified atom stereocenters. The molecule has 6 heteroatoms. The molecule has 0 bridgehead atoms. The fourth-order valence-electron chi connectivity index (χ4n) is 3.62. The fraction of sp³-hybridized carbons (Fsp3) is 0.190. The van der Waals surface area contributed by atoms with Gasteiger partial charge < -0.3 is 4.74 Å². The average molecular weight is 362 g/mol. The third kappa shape index (κ3) is 2.94. The number of carbonyl (C=O) groups excluding carboxylic acids is 3. The number of imide groups is 1. The zero-order chi connectivity index (χ0) is 19.0. The molecule has 27 heavy (non-hydrogen) atoms. The van der Waals surface area contributed by atoms with Gasteiger partial charge in [-0.2, -0.15) is 0 Å². The Balaban J connectivity index is 1.77. The second-order valence-electron chi connectivity index (χ2n) is 6.71. The van der Waals surface area contributed by atoms with Gasteiger partial charge in [0, 0.05) is 12.5 Å². The molecule has 6 nitrogen and oxygen atoms in total. The van der Waals surface area contributed by atoms with Crippen molar-refractivity contribution in [2.24, 2.45) is 5.73 Å². The maximum Gasteiger partial charge on any atom is 0.332 e. The molecule has 2 amide bonds. The van der Waals surface area contributed by atoms with Crippen LogP contribution < -0.4 is 5.73 Å². The number of benzene rings is 2. The van der Waals surface area contributed by atoms with Crippen molar-refractivity contribution in [3.8, 4) is 0 Å². The highest BCUT2D eigenvalue weighted by atomic mass is 16.6. The number of hydrogen-bond acceptors (Lipinski definition) is 5. The zero-order valence-electron chi connectivity index (χ0n) is 14.5. The molecule has 0 spiro atoms. The Labute approximate surface area is 156 Å². The van der Waals surface area contributed by atoms with E-state index in [4.69, 9.17) is 10.5 Å². The highest BCUT2D eigenvalue weighted by Gasteiger charge is 2.50. The van der Waals surface area contributed by atoms with Gasteiger partial charge in [-0.15, -0.1) is 0 Å². The van der Waals surface area contributed by atoms with Crippen molar-refractivity contribution in [3.05, 3.63) is 83.4 Å². The number of hydrogen-bond donors (Lipinski definition) is 1. The van der Waals surface area contributed by atoms with Gasteiger partial charge in [-0.25, -0.2) is 4.79 Å². The van der Waals surface area contributed by atoms with Gasteiger partial charge in [-0.05, 0) is 24.1 Å². The molecule has 136 valence electrons. The third-order valence-electron chi connectivity index (χ3n) is 4.95. The normalized spacial score (nSPS) is 22.6. The molecule has 2 aromatic rings. The van der Waals surface area contributed by atoms with E-state index in [1.165, 1.54) is 6.08 Å². The molecule has 0 saturated carbocycles. The first kappa shape index (κ1) is 17.2. The Bertz CT molecular complexity index is 919.